The lowest BCUT2D eigenvalue weighted by atomic mass is 9.99. The molecule has 0 bridgehead atoms. The van der Waals surface area contributed by atoms with Gasteiger partial charge in [0.25, 0.3) is 5.56 Å². The fourth-order valence-electron chi connectivity index (χ4n) is 5.53. The number of hydrogen-bond donors (Lipinski definition) is 2. The summed E-state index contributed by atoms with van der Waals surface area (Å²) < 4.78 is 8.36. The average Bonchev–Trinajstić information content (AvgIpc) is 3.66. The van der Waals surface area contributed by atoms with E-state index in [4.69, 9.17) is 10.3 Å². The molecule has 0 saturated carbocycles. The van der Waals surface area contributed by atoms with E-state index in [0.717, 1.165) is 30.6 Å². The largest absolute Gasteiger partial charge is 0.392 e. The molecule has 10 nitrogen and oxygen atoms in total. The van der Waals surface area contributed by atoms with Gasteiger partial charge in [-0.05, 0) is 60.4 Å². The molecule has 10 heteroatoms. The first-order valence-electron chi connectivity index (χ1n) is 13.2. The van der Waals surface area contributed by atoms with E-state index in [2.05, 4.69) is 32.3 Å². The summed E-state index contributed by atoms with van der Waals surface area (Å²) in [5, 5.41) is 19.0. The molecule has 0 aliphatic carbocycles. The Bertz CT molecular complexity index is 1940. The Hall–Kier alpha value is -4.80. The number of aryl methyl sites for hydroxylation is 1. The van der Waals surface area contributed by atoms with Crippen LogP contribution in [0.3, 0.4) is 0 Å². The number of nitrogens with two attached hydrogens (primary N) is 1. The summed E-state index contributed by atoms with van der Waals surface area (Å²) in [6.45, 7) is 4.20. The molecule has 4 heterocycles. The van der Waals surface area contributed by atoms with Gasteiger partial charge in [-0.15, -0.1) is 0 Å². The van der Waals surface area contributed by atoms with Crippen molar-refractivity contribution in [3.8, 4) is 22.5 Å². The number of nitrogen functional groups attached to an aromatic ring is 1. The van der Waals surface area contributed by atoms with Crippen molar-refractivity contribution in [2.24, 2.45) is 0 Å². The number of benzene rings is 3. The van der Waals surface area contributed by atoms with Crippen LogP contribution in [0.1, 0.15) is 17.7 Å². The number of β-amino-alcohol motifs (C(OH)–C–C–N with tert-alkyl or cyclic N) is 1. The number of fused-ring (bicyclic) bond motifs is 2. The first kappa shape index (κ1) is 24.3. The summed E-state index contributed by atoms with van der Waals surface area (Å²) in [6, 6.07) is 21.6. The summed E-state index contributed by atoms with van der Waals surface area (Å²) >= 11 is 0. The molecule has 0 radical (unpaired) electrons. The van der Waals surface area contributed by atoms with Gasteiger partial charge in [0.15, 0.2) is 16.9 Å². The number of anilines is 1. The van der Waals surface area contributed by atoms with Crippen LogP contribution in [0.4, 0.5) is 5.82 Å². The van der Waals surface area contributed by atoms with Gasteiger partial charge < -0.3 is 15.4 Å². The highest BCUT2D eigenvalue weighted by molar-refractivity contribution is 5.89. The van der Waals surface area contributed by atoms with Crippen LogP contribution in [0.25, 0.3) is 44.5 Å². The molecule has 6 aromatic rings. The van der Waals surface area contributed by atoms with Gasteiger partial charge in [-0.25, -0.2) is 9.67 Å². The molecule has 3 aromatic heterocycles. The highest BCUT2D eigenvalue weighted by Gasteiger charge is 2.21. The van der Waals surface area contributed by atoms with Gasteiger partial charge in [0.05, 0.1) is 28.6 Å². The van der Waals surface area contributed by atoms with Crippen LogP contribution in [-0.4, -0.2) is 53.7 Å². The number of aromatic nitrogens is 5. The highest BCUT2D eigenvalue weighted by Crippen LogP contribution is 2.28. The lowest BCUT2D eigenvalue weighted by Crippen LogP contribution is -2.21. The SMILES string of the molecule is Cc1nn(-c2ccc3onc(N)c3c2)c2c(=O)n(-c3ccc(-c4ccccc4CN4CC[C@H](O)C4)cc3)cnc12. The summed E-state index contributed by atoms with van der Waals surface area (Å²) in [4.78, 5) is 20.7. The number of hydrogen-bond acceptors (Lipinski definition) is 8. The topological polar surface area (TPSA) is 128 Å². The number of aliphatic hydroxyl groups is 1. The lowest BCUT2D eigenvalue weighted by molar-refractivity contribution is 0.175. The Morgan fingerprint density at radius 3 is 2.67 bits per heavy atom. The second-order valence-corrected chi connectivity index (χ2v) is 10.2. The second kappa shape index (κ2) is 9.44. The molecule has 1 atom stereocenters. The Morgan fingerprint density at radius 2 is 1.88 bits per heavy atom. The van der Waals surface area contributed by atoms with Crippen molar-refractivity contribution in [1.82, 2.24) is 29.4 Å². The third-order valence-corrected chi connectivity index (χ3v) is 7.59. The Labute approximate surface area is 228 Å². The van der Waals surface area contributed by atoms with E-state index < -0.39 is 0 Å². The first-order valence-corrected chi connectivity index (χ1v) is 13.2. The molecule has 7 rings (SSSR count). The third kappa shape index (κ3) is 4.05. The van der Waals surface area contributed by atoms with Gasteiger partial charge >= 0.3 is 0 Å². The lowest BCUT2D eigenvalue weighted by Gasteiger charge is -2.18. The number of nitrogens with zero attached hydrogens (tertiary/aromatic N) is 6. The van der Waals surface area contributed by atoms with Gasteiger partial charge in [-0.2, -0.15) is 5.10 Å². The molecule has 3 aromatic carbocycles. The van der Waals surface area contributed by atoms with Crippen LogP contribution >= 0.6 is 0 Å². The maximum atomic E-state index is 13.8. The Kier molecular flexibility index (Phi) is 5.72. The van der Waals surface area contributed by atoms with Gasteiger partial charge in [-0.3, -0.25) is 14.3 Å². The van der Waals surface area contributed by atoms with Gasteiger partial charge in [-0.1, -0.05) is 41.6 Å². The van der Waals surface area contributed by atoms with Crippen LogP contribution in [0, 0.1) is 6.92 Å². The first-order chi connectivity index (χ1) is 19.5. The van der Waals surface area contributed by atoms with Gasteiger partial charge in [0, 0.05) is 19.6 Å². The minimum Gasteiger partial charge on any atom is -0.392 e. The van der Waals surface area contributed by atoms with E-state index in [1.807, 2.05) is 49.4 Å². The number of likely N-dealkylation sites (tertiary alicyclic amines) is 1. The Morgan fingerprint density at radius 1 is 1.07 bits per heavy atom. The van der Waals surface area contributed by atoms with Gasteiger partial charge in [0.2, 0.25) is 0 Å². The third-order valence-electron chi connectivity index (χ3n) is 7.59. The van der Waals surface area contributed by atoms with Crippen molar-refractivity contribution in [2.75, 3.05) is 18.8 Å². The molecule has 1 aliphatic heterocycles. The van der Waals surface area contributed by atoms with E-state index in [0.29, 0.717) is 45.6 Å². The van der Waals surface area contributed by atoms with Crippen LogP contribution in [0.5, 0.6) is 0 Å². The zero-order valence-electron chi connectivity index (χ0n) is 21.9. The molecular formula is C30H27N7O3. The molecule has 200 valence electrons. The molecule has 0 amide bonds. The van der Waals surface area contributed by atoms with Crippen molar-refractivity contribution in [3.63, 3.8) is 0 Å². The average molecular weight is 534 g/mol. The molecule has 40 heavy (non-hydrogen) atoms. The van der Waals surface area contributed by atoms with Crippen LogP contribution in [0.2, 0.25) is 0 Å². The molecule has 0 unspecified atom stereocenters. The van der Waals surface area contributed by atoms with E-state index in [-0.39, 0.29) is 17.5 Å². The van der Waals surface area contributed by atoms with Crippen molar-refractivity contribution in [1.29, 1.82) is 0 Å². The summed E-state index contributed by atoms with van der Waals surface area (Å²) in [6.07, 6.45) is 2.11. The number of rotatable bonds is 5. The molecular weight excluding hydrogens is 506 g/mol. The monoisotopic (exact) mass is 533 g/mol. The normalized spacial score (nSPS) is 15.9. The van der Waals surface area contributed by atoms with E-state index in [1.165, 1.54) is 10.1 Å². The van der Waals surface area contributed by atoms with Gasteiger partial charge in [0.1, 0.15) is 11.8 Å². The minimum atomic E-state index is -0.250. The van der Waals surface area contributed by atoms with Crippen molar-refractivity contribution in [3.05, 3.63) is 94.7 Å². The molecule has 1 fully saturated rings. The molecule has 1 saturated heterocycles. The van der Waals surface area contributed by atoms with Crippen LogP contribution < -0.4 is 11.3 Å². The maximum Gasteiger partial charge on any atom is 0.284 e. The summed E-state index contributed by atoms with van der Waals surface area (Å²) in [7, 11) is 0. The smallest absolute Gasteiger partial charge is 0.284 e. The second-order valence-electron chi connectivity index (χ2n) is 10.2. The van der Waals surface area contributed by atoms with E-state index in [9.17, 15) is 9.90 Å². The van der Waals surface area contributed by atoms with E-state index in [1.54, 1.807) is 23.1 Å². The fourth-order valence-corrected chi connectivity index (χ4v) is 5.53. The maximum absolute atomic E-state index is 13.8. The van der Waals surface area contributed by atoms with Crippen LogP contribution in [-0.2, 0) is 6.54 Å². The number of aliphatic hydroxyl groups excluding tert-OH is 1. The molecule has 0 spiro atoms. The zero-order chi connectivity index (χ0) is 27.4. The highest BCUT2D eigenvalue weighted by atomic mass is 16.5. The standard InChI is InChI=1S/C30H27N7O3/c1-18-27-28(37(33-18)22-10-11-26-25(14-22)29(31)34-40-26)30(39)36(17-32-27)21-8-6-19(7-9-21)24-5-3-2-4-20(24)15-35-13-12-23(38)16-35/h2-11,14,17,23,38H,12-13,15-16H2,1H3,(H2,31,34)/t23-/m0/s1. The Balaban J connectivity index is 1.26. The predicted molar refractivity (Wildman–Crippen MR) is 153 cm³/mol. The molecule has 3 N–H and O–H groups in total. The summed E-state index contributed by atoms with van der Waals surface area (Å²) in [5.41, 5.74) is 12.6. The predicted octanol–water partition coefficient (Wildman–Crippen LogP) is 3.84. The van der Waals surface area contributed by atoms with Crippen molar-refractivity contribution < 1.29 is 9.63 Å². The van der Waals surface area contributed by atoms with Crippen molar-refractivity contribution in [2.45, 2.75) is 26.0 Å². The fraction of sp³-hybridized carbons (Fsp3) is 0.200. The quantitative estimate of drug-likeness (QED) is 0.342. The summed E-state index contributed by atoms with van der Waals surface area (Å²) in [5.74, 6) is 0.278. The van der Waals surface area contributed by atoms with Crippen molar-refractivity contribution >= 4 is 27.8 Å². The van der Waals surface area contributed by atoms with E-state index >= 15 is 0 Å². The molecule has 1 aliphatic rings. The zero-order valence-corrected chi connectivity index (χ0v) is 21.9. The minimum absolute atomic E-state index is 0.232. The van der Waals surface area contributed by atoms with Crippen LogP contribution in [0.15, 0.2) is 82.4 Å².